The smallest absolute Gasteiger partial charge is 0.0715 e. The van der Waals surface area contributed by atoms with Gasteiger partial charge in [0.15, 0.2) is 0 Å². The first-order valence-corrected chi connectivity index (χ1v) is 15.5. The second-order valence-electron chi connectivity index (χ2n) is 11.6. The number of nitrogens with zero attached hydrogens (tertiary/aromatic N) is 2. The first kappa shape index (κ1) is 28.2. The number of hydrogen-bond donors (Lipinski definition) is 0. The van der Waals surface area contributed by atoms with Gasteiger partial charge in [-0.2, -0.15) is 0 Å². The summed E-state index contributed by atoms with van der Waals surface area (Å²) in [6, 6.07) is 57.5. The lowest BCUT2D eigenvalue weighted by Gasteiger charge is -2.21. The molecule has 0 saturated heterocycles. The third-order valence-electron chi connectivity index (χ3n) is 8.23. The van der Waals surface area contributed by atoms with Crippen LogP contribution in [0.25, 0.3) is 67.3 Å². The van der Waals surface area contributed by atoms with E-state index in [1.165, 1.54) is 16.7 Å². The van der Waals surface area contributed by atoms with E-state index in [0.29, 0.717) is 0 Å². The zero-order valence-electron chi connectivity index (χ0n) is 25.6. The van der Waals surface area contributed by atoms with Crippen LogP contribution in [0.1, 0.15) is 25.3 Å². The van der Waals surface area contributed by atoms with Crippen molar-refractivity contribution in [2.45, 2.75) is 19.8 Å². The van der Waals surface area contributed by atoms with Gasteiger partial charge in [-0.15, -0.1) is 0 Å². The molecule has 2 nitrogen and oxygen atoms in total. The summed E-state index contributed by atoms with van der Waals surface area (Å²) in [5.41, 5.74) is 14.4. The van der Waals surface area contributed by atoms with Crippen LogP contribution in [0.3, 0.4) is 0 Å². The molecule has 0 fully saturated rings. The highest BCUT2D eigenvalue weighted by Crippen LogP contribution is 2.41. The van der Waals surface area contributed by atoms with E-state index in [2.05, 4.69) is 153 Å². The minimum atomic E-state index is 0.276. The Labute approximate surface area is 265 Å². The summed E-state index contributed by atoms with van der Waals surface area (Å²) in [5.74, 6) is 0.276. The zero-order chi connectivity index (χ0) is 30.6. The van der Waals surface area contributed by atoms with Gasteiger partial charge < -0.3 is 0 Å². The van der Waals surface area contributed by atoms with E-state index >= 15 is 0 Å². The number of benzene rings is 5. The molecule has 5 aromatic carbocycles. The second-order valence-corrected chi connectivity index (χ2v) is 11.6. The molecule has 0 N–H and O–H groups in total. The highest BCUT2D eigenvalue weighted by atomic mass is 14.7. The Morgan fingerprint density at radius 1 is 0.333 bits per heavy atom. The van der Waals surface area contributed by atoms with Crippen LogP contribution in [0.4, 0.5) is 0 Å². The van der Waals surface area contributed by atoms with Gasteiger partial charge in [0, 0.05) is 22.3 Å². The lowest BCUT2D eigenvalue weighted by Crippen LogP contribution is -1.99. The Balaban J connectivity index is 1.45. The van der Waals surface area contributed by atoms with Gasteiger partial charge in [0.25, 0.3) is 0 Å². The molecule has 7 rings (SSSR count). The SMILES string of the molecule is CC(C)c1c(-c2cc(-c3ccccc3)nc(-c3ccccc3)c2)cccc1-c1cc(-c2ccccc2)nc(-c2ccccc2)c1. The van der Waals surface area contributed by atoms with E-state index in [9.17, 15) is 0 Å². The van der Waals surface area contributed by atoms with Crippen molar-refractivity contribution in [3.05, 3.63) is 169 Å². The highest BCUT2D eigenvalue weighted by molar-refractivity contribution is 5.85. The maximum absolute atomic E-state index is 5.14. The maximum Gasteiger partial charge on any atom is 0.0715 e. The van der Waals surface area contributed by atoms with Gasteiger partial charge in [-0.3, -0.25) is 0 Å². The molecule has 0 unspecified atom stereocenters. The molecule has 0 saturated carbocycles. The molecular formula is C43H34N2. The Morgan fingerprint density at radius 2 is 0.622 bits per heavy atom. The molecule has 0 radical (unpaired) electrons. The van der Waals surface area contributed by atoms with Crippen molar-refractivity contribution in [2.75, 3.05) is 0 Å². The summed E-state index contributed by atoms with van der Waals surface area (Å²) >= 11 is 0. The van der Waals surface area contributed by atoms with Crippen LogP contribution in [-0.2, 0) is 0 Å². The molecule has 0 amide bonds. The second kappa shape index (κ2) is 12.6. The molecule has 0 atom stereocenters. The van der Waals surface area contributed by atoms with Crippen LogP contribution in [0.2, 0.25) is 0 Å². The molecule has 2 aromatic heterocycles. The fourth-order valence-electron chi connectivity index (χ4n) is 6.09. The molecule has 0 aliphatic heterocycles. The molecule has 0 aliphatic carbocycles. The van der Waals surface area contributed by atoms with Crippen LogP contribution in [0.15, 0.2) is 164 Å². The van der Waals surface area contributed by atoms with Gasteiger partial charge in [-0.05, 0) is 58.0 Å². The van der Waals surface area contributed by atoms with Crippen LogP contribution in [0, 0.1) is 0 Å². The lowest BCUT2D eigenvalue weighted by atomic mass is 9.85. The van der Waals surface area contributed by atoms with Crippen molar-refractivity contribution >= 4 is 0 Å². The van der Waals surface area contributed by atoms with Crippen molar-refractivity contribution in [1.82, 2.24) is 9.97 Å². The quantitative estimate of drug-likeness (QED) is 0.188. The van der Waals surface area contributed by atoms with Crippen LogP contribution < -0.4 is 0 Å². The molecule has 2 heteroatoms. The molecule has 0 spiro atoms. The Kier molecular flexibility index (Phi) is 7.87. The van der Waals surface area contributed by atoms with Crippen molar-refractivity contribution in [3.8, 4) is 67.3 Å². The topological polar surface area (TPSA) is 25.8 Å². The summed E-state index contributed by atoms with van der Waals surface area (Å²) in [5, 5.41) is 0. The van der Waals surface area contributed by atoms with Gasteiger partial charge in [-0.1, -0.05) is 153 Å². The lowest BCUT2D eigenvalue weighted by molar-refractivity contribution is 0.871. The maximum atomic E-state index is 5.14. The van der Waals surface area contributed by atoms with Gasteiger partial charge in [0.05, 0.1) is 22.8 Å². The standard InChI is InChI=1S/C43H34N2/c1-30(2)43-37(35-26-39(31-16-7-3-8-17-31)44-40(27-35)32-18-9-4-10-19-32)24-15-25-38(43)36-28-41(33-20-11-5-12-21-33)45-42(29-36)34-22-13-6-14-23-34/h3-30H,1-2H3. The van der Waals surface area contributed by atoms with E-state index in [4.69, 9.17) is 9.97 Å². The van der Waals surface area contributed by atoms with E-state index in [1.54, 1.807) is 0 Å². The van der Waals surface area contributed by atoms with E-state index in [0.717, 1.165) is 56.2 Å². The van der Waals surface area contributed by atoms with Crippen LogP contribution in [0.5, 0.6) is 0 Å². The van der Waals surface area contributed by atoms with Gasteiger partial charge in [0.1, 0.15) is 0 Å². The fourth-order valence-corrected chi connectivity index (χ4v) is 6.09. The number of aromatic nitrogens is 2. The van der Waals surface area contributed by atoms with Crippen molar-refractivity contribution < 1.29 is 0 Å². The molecular weight excluding hydrogens is 544 g/mol. The Hall–Kier alpha value is -5.60. The average Bonchev–Trinajstić information content (AvgIpc) is 3.12. The fraction of sp³-hybridized carbons (Fsp3) is 0.0698. The van der Waals surface area contributed by atoms with Crippen LogP contribution >= 0.6 is 0 Å². The largest absolute Gasteiger partial charge is 0.248 e. The Morgan fingerprint density at radius 3 is 0.889 bits per heavy atom. The van der Waals surface area contributed by atoms with E-state index in [1.807, 2.05) is 24.3 Å². The first-order valence-electron chi connectivity index (χ1n) is 15.5. The summed E-state index contributed by atoms with van der Waals surface area (Å²) < 4.78 is 0. The van der Waals surface area contributed by atoms with Crippen LogP contribution in [-0.4, -0.2) is 9.97 Å². The Bertz CT molecular complexity index is 1790. The van der Waals surface area contributed by atoms with Gasteiger partial charge >= 0.3 is 0 Å². The van der Waals surface area contributed by atoms with Gasteiger partial charge in [0.2, 0.25) is 0 Å². The zero-order valence-corrected chi connectivity index (χ0v) is 25.6. The van der Waals surface area contributed by atoms with Crippen molar-refractivity contribution in [3.63, 3.8) is 0 Å². The van der Waals surface area contributed by atoms with Crippen molar-refractivity contribution in [2.24, 2.45) is 0 Å². The summed E-state index contributed by atoms with van der Waals surface area (Å²) in [6.45, 7) is 4.58. The normalized spacial score (nSPS) is 11.1. The third-order valence-corrected chi connectivity index (χ3v) is 8.23. The molecule has 0 bridgehead atoms. The molecule has 45 heavy (non-hydrogen) atoms. The number of hydrogen-bond acceptors (Lipinski definition) is 2. The molecule has 216 valence electrons. The third kappa shape index (κ3) is 5.96. The number of rotatable bonds is 7. The average molecular weight is 579 g/mol. The summed E-state index contributed by atoms with van der Waals surface area (Å²) in [7, 11) is 0. The molecule has 7 aromatic rings. The summed E-state index contributed by atoms with van der Waals surface area (Å²) in [4.78, 5) is 10.3. The summed E-state index contributed by atoms with van der Waals surface area (Å²) in [6.07, 6.45) is 0. The minimum Gasteiger partial charge on any atom is -0.248 e. The minimum absolute atomic E-state index is 0.276. The predicted molar refractivity (Wildman–Crippen MR) is 189 cm³/mol. The predicted octanol–water partition coefficient (Wildman–Crippen LogP) is 11.6. The highest BCUT2D eigenvalue weighted by Gasteiger charge is 2.19. The molecule has 2 heterocycles. The van der Waals surface area contributed by atoms with E-state index in [-0.39, 0.29) is 5.92 Å². The first-order chi connectivity index (χ1) is 22.1. The number of pyridine rings is 2. The monoisotopic (exact) mass is 578 g/mol. The van der Waals surface area contributed by atoms with Crippen molar-refractivity contribution in [1.29, 1.82) is 0 Å². The molecule has 0 aliphatic rings. The van der Waals surface area contributed by atoms with Gasteiger partial charge in [-0.25, -0.2) is 9.97 Å². The van der Waals surface area contributed by atoms with E-state index < -0.39 is 0 Å².